The van der Waals surface area contributed by atoms with Gasteiger partial charge in [0.1, 0.15) is 0 Å². The average Bonchev–Trinajstić information content (AvgIpc) is 2.60. The molecule has 1 atom stereocenters. The summed E-state index contributed by atoms with van der Waals surface area (Å²) in [5, 5.41) is 12.1. The number of nitrogens with one attached hydrogen (secondary N) is 1. The molecule has 0 spiro atoms. The molecule has 0 saturated carbocycles. The number of benzene rings is 2. The van der Waals surface area contributed by atoms with Gasteiger partial charge < -0.3 is 19.9 Å². The summed E-state index contributed by atoms with van der Waals surface area (Å²) in [6.45, 7) is 0. The van der Waals surface area contributed by atoms with Gasteiger partial charge in [0, 0.05) is 18.2 Å². The van der Waals surface area contributed by atoms with E-state index in [1.54, 1.807) is 48.5 Å². The Morgan fingerprint density at radius 1 is 1.04 bits per heavy atom. The minimum Gasteiger partial charge on any atom is -0.493 e. The summed E-state index contributed by atoms with van der Waals surface area (Å²) in [5.41, 5.74) is 1.10. The van der Waals surface area contributed by atoms with Crippen LogP contribution in [0.3, 0.4) is 0 Å². The van der Waals surface area contributed by atoms with Gasteiger partial charge in [0.25, 0.3) is 0 Å². The molecule has 2 N–H and O–H groups in total. The fourth-order valence-corrected chi connectivity index (χ4v) is 2.34. The minimum absolute atomic E-state index is 0.159. The highest BCUT2D eigenvalue weighted by Gasteiger charge is 2.23. The van der Waals surface area contributed by atoms with Crippen LogP contribution in [-0.2, 0) is 9.59 Å². The number of anilines is 1. The Hall–Kier alpha value is -3.02. The summed E-state index contributed by atoms with van der Waals surface area (Å²) in [7, 11) is 3.02. The lowest BCUT2D eigenvalue weighted by Gasteiger charge is -2.14. The van der Waals surface area contributed by atoms with Gasteiger partial charge in [-0.05, 0) is 17.7 Å². The Morgan fingerprint density at radius 2 is 1.71 bits per heavy atom. The molecule has 1 amide bonds. The van der Waals surface area contributed by atoms with Crippen LogP contribution in [0.4, 0.5) is 5.69 Å². The summed E-state index contributed by atoms with van der Waals surface area (Å²) in [6, 6.07) is 13.6. The van der Waals surface area contributed by atoms with Gasteiger partial charge in [-0.15, -0.1) is 0 Å². The van der Waals surface area contributed by atoms with Crippen LogP contribution in [0.25, 0.3) is 0 Å². The van der Waals surface area contributed by atoms with Crippen LogP contribution < -0.4 is 14.8 Å². The molecule has 0 aliphatic rings. The van der Waals surface area contributed by atoms with Gasteiger partial charge in [0.15, 0.2) is 11.5 Å². The molecule has 0 aromatic heterocycles. The van der Waals surface area contributed by atoms with E-state index in [2.05, 4.69) is 5.32 Å². The van der Waals surface area contributed by atoms with Crippen molar-refractivity contribution in [3.05, 3.63) is 54.1 Å². The molecule has 0 heterocycles. The highest BCUT2D eigenvalue weighted by molar-refractivity contribution is 5.94. The van der Waals surface area contributed by atoms with E-state index in [4.69, 9.17) is 9.47 Å². The predicted molar refractivity (Wildman–Crippen MR) is 89.6 cm³/mol. The quantitative estimate of drug-likeness (QED) is 0.816. The second-order valence-electron chi connectivity index (χ2n) is 5.12. The zero-order valence-electron chi connectivity index (χ0n) is 13.5. The van der Waals surface area contributed by atoms with Gasteiger partial charge in [0.2, 0.25) is 5.91 Å². The number of hydrogen-bond donors (Lipinski definition) is 2. The second kappa shape index (κ2) is 8.01. The monoisotopic (exact) mass is 329 g/mol. The standard InChI is InChI=1S/C18H19NO5/c1-23-15-9-8-13(10-16(15)24-2)19-17(20)11-14(18(21)22)12-6-4-3-5-7-12/h3-10,14H,11H2,1-2H3,(H,19,20)(H,21,22)/t14-/m0/s1. The molecule has 0 aliphatic carbocycles. The number of carboxylic acid groups (broad SMARTS) is 1. The fourth-order valence-electron chi connectivity index (χ4n) is 2.34. The molecular formula is C18H19NO5. The SMILES string of the molecule is COc1ccc(NC(=O)C[C@H](C(=O)O)c2ccccc2)cc1OC. The van der Waals surface area contributed by atoms with Crippen molar-refractivity contribution < 1.29 is 24.2 Å². The lowest BCUT2D eigenvalue weighted by Crippen LogP contribution is -2.20. The Balaban J connectivity index is 2.10. The molecule has 0 bridgehead atoms. The number of amides is 1. The van der Waals surface area contributed by atoms with Crippen LogP contribution in [0.2, 0.25) is 0 Å². The van der Waals surface area contributed by atoms with E-state index in [9.17, 15) is 14.7 Å². The Bertz CT molecular complexity index is 715. The first-order valence-electron chi connectivity index (χ1n) is 7.34. The van der Waals surface area contributed by atoms with E-state index in [0.29, 0.717) is 22.7 Å². The topological polar surface area (TPSA) is 84.9 Å². The molecular weight excluding hydrogens is 310 g/mol. The third kappa shape index (κ3) is 4.25. The third-order valence-electron chi connectivity index (χ3n) is 3.56. The molecule has 0 saturated heterocycles. The molecule has 6 nitrogen and oxygen atoms in total. The van der Waals surface area contributed by atoms with Crippen molar-refractivity contribution >= 4 is 17.6 Å². The van der Waals surface area contributed by atoms with Crippen LogP contribution in [0, 0.1) is 0 Å². The van der Waals surface area contributed by atoms with Gasteiger partial charge in [-0.25, -0.2) is 0 Å². The number of carbonyl (C=O) groups is 2. The lowest BCUT2D eigenvalue weighted by atomic mass is 9.95. The van der Waals surface area contributed by atoms with Gasteiger partial charge in [-0.2, -0.15) is 0 Å². The Kier molecular flexibility index (Phi) is 5.78. The molecule has 6 heteroatoms. The van der Waals surface area contributed by atoms with Gasteiger partial charge in [-0.3, -0.25) is 9.59 Å². The van der Waals surface area contributed by atoms with Gasteiger partial charge in [0.05, 0.1) is 20.1 Å². The maximum absolute atomic E-state index is 12.2. The molecule has 0 radical (unpaired) electrons. The summed E-state index contributed by atoms with van der Waals surface area (Å²) in [4.78, 5) is 23.7. The van der Waals surface area contributed by atoms with Crippen LogP contribution in [-0.4, -0.2) is 31.2 Å². The van der Waals surface area contributed by atoms with E-state index < -0.39 is 17.8 Å². The first-order chi connectivity index (χ1) is 11.5. The molecule has 0 unspecified atom stereocenters. The molecule has 2 rings (SSSR count). The number of rotatable bonds is 7. The van der Waals surface area contributed by atoms with Crippen molar-refractivity contribution in [1.82, 2.24) is 0 Å². The predicted octanol–water partition coefficient (Wildman–Crippen LogP) is 2.90. The minimum atomic E-state index is -1.04. The number of ether oxygens (including phenoxy) is 2. The summed E-state index contributed by atoms with van der Waals surface area (Å²) in [5.74, 6) is -1.30. The zero-order valence-corrected chi connectivity index (χ0v) is 13.5. The second-order valence-corrected chi connectivity index (χ2v) is 5.12. The van der Waals surface area contributed by atoms with Crippen LogP contribution in [0.1, 0.15) is 17.9 Å². The maximum Gasteiger partial charge on any atom is 0.311 e. The van der Waals surface area contributed by atoms with Crippen molar-refractivity contribution in [1.29, 1.82) is 0 Å². The van der Waals surface area contributed by atoms with E-state index in [1.807, 2.05) is 0 Å². The largest absolute Gasteiger partial charge is 0.493 e. The van der Waals surface area contributed by atoms with Gasteiger partial charge in [-0.1, -0.05) is 30.3 Å². The summed E-state index contributed by atoms with van der Waals surface area (Å²) < 4.78 is 10.3. The summed E-state index contributed by atoms with van der Waals surface area (Å²) in [6.07, 6.45) is -0.159. The van der Waals surface area contributed by atoms with E-state index in [0.717, 1.165) is 0 Å². The molecule has 24 heavy (non-hydrogen) atoms. The van der Waals surface area contributed by atoms with Crippen molar-refractivity contribution in [3.8, 4) is 11.5 Å². The van der Waals surface area contributed by atoms with Crippen LogP contribution >= 0.6 is 0 Å². The van der Waals surface area contributed by atoms with Crippen LogP contribution in [0.5, 0.6) is 11.5 Å². The fraction of sp³-hybridized carbons (Fsp3) is 0.222. The van der Waals surface area contributed by atoms with E-state index >= 15 is 0 Å². The molecule has 2 aromatic carbocycles. The number of methoxy groups -OCH3 is 2. The summed E-state index contributed by atoms with van der Waals surface area (Å²) >= 11 is 0. The van der Waals surface area contributed by atoms with Gasteiger partial charge >= 0.3 is 5.97 Å². The van der Waals surface area contributed by atoms with Crippen LogP contribution in [0.15, 0.2) is 48.5 Å². The number of aliphatic carboxylic acids is 1. The Labute approximate surface area is 140 Å². The third-order valence-corrected chi connectivity index (χ3v) is 3.56. The van der Waals surface area contributed by atoms with E-state index in [-0.39, 0.29) is 6.42 Å². The normalized spacial score (nSPS) is 11.4. The highest BCUT2D eigenvalue weighted by atomic mass is 16.5. The van der Waals surface area contributed by atoms with Crippen molar-refractivity contribution in [2.45, 2.75) is 12.3 Å². The molecule has 126 valence electrons. The number of carboxylic acids is 1. The molecule has 2 aromatic rings. The zero-order chi connectivity index (χ0) is 17.5. The van der Waals surface area contributed by atoms with Crippen molar-refractivity contribution in [2.75, 3.05) is 19.5 Å². The first-order valence-corrected chi connectivity index (χ1v) is 7.34. The first kappa shape index (κ1) is 17.3. The van der Waals surface area contributed by atoms with Crippen molar-refractivity contribution in [3.63, 3.8) is 0 Å². The highest BCUT2D eigenvalue weighted by Crippen LogP contribution is 2.30. The van der Waals surface area contributed by atoms with E-state index in [1.165, 1.54) is 14.2 Å². The number of carbonyl (C=O) groups excluding carboxylic acids is 1. The lowest BCUT2D eigenvalue weighted by molar-refractivity contribution is -0.140. The molecule has 0 fully saturated rings. The number of hydrogen-bond acceptors (Lipinski definition) is 4. The Morgan fingerprint density at radius 3 is 2.29 bits per heavy atom. The van der Waals surface area contributed by atoms with Crippen molar-refractivity contribution in [2.24, 2.45) is 0 Å². The average molecular weight is 329 g/mol. The smallest absolute Gasteiger partial charge is 0.311 e. The molecule has 0 aliphatic heterocycles. The maximum atomic E-state index is 12.2.